The van der Waals surface area contributed by atoms with Gasteiger partial charge in [0.1, 0.15) is 0 Å². The zero-order valence-electron chi connectivity index (χ0n) is 13.9. The summed E-state index contributed by atoms with van der Waals surface area (Å²) in [4.78, 5) is 18.7. The summed E-state index contributed by atoms with van der Waals surface area (Å²) in [5.74, 6) is -0.0734. The van der Waals surface area contributed by atoms with Gasteiger partial charge in [-0.1, -0.05) is 12.1 Å². The van der Waals surface area contributed by atoms with Gasteiger partial charge in [0.15, 0.2) is 0 Å². The molecule has 25 heavy (non-hydrogen) atoms. The van der Waals surface area contributed by atoms with Crippen LogP contribution in [0.5, 0.6) is 0 Å². The zero-order chi connectivity index (χ0) is 16.1. The highest BCUT2D eigenvalue weighted by atomic mass is 35.5. The third-order valence-electron chi connectivity index (χ3n) is 4.28. The van der Waals surface area contributed by atoms with Crippen molar-refractivity contribution in [3.63, 3.8) is 0 Å². The number of piperidine rings is 1. The van der Waals surface area contributed by atoms with Gasteiger partial charge >= 0.3 is 0 Å². The Bertz CT molecular complexity index is 661. The summed E-state index contributed by atoms with van der Waals surface area (Å²) < 4.78 is 0. The molecule has 2 heterocycles. The van der Waals surface area contributed by atoms with Crippen molar-refractivity contribution in [2.24, 2.45) is 0 Å². The third-order valence-corrected chi connectivity index (χ3v) is 4.28. The average Bonchev–Trinajstić information content (AvgIpc) is 2.58. The van der Waals surface area contributed by atoms with E-state index in [1.54, 1.807) is 12.1 Å². The smallest absolute Gasteiger partial charge is 0.253 e. The van der Waals surface area contributed by atoms with E-state index in [2.05, 4.69) is 15.2 Å². The molecule has 1 aliphatic heterocycles. The highest BCUT2D eigenvalue weighted by Gasteiger charge is 2.21. The van der Waals surface area contributed by atoms with E-state index < -0.39 is 0 Å². The van der Waals surface area contributed by atoms with Gasteiger partial charge in [0.25, 0.3) is 5.91 Å². The van der Waals surface area contributed by atoms with Gasteiger partial charge in [-0.25, -0.2) is 0 Å². The Labute approximate surface area is 160 Å². The maximum atomic E-state index is 12.3. The molecule has 0 bridgehead atoms. The number of carbonyl (C=O) groups is 1. The molecule has 1 aromatic heterocycles. The van der Waals surface area contributed by atoms with E-state index in [0.717, 1.165) is 32.5 Å². The molecule has 3 N–H and O–H groups in total. The highest BCUT2D eigenvalue weighted by Crippen LogP contribution is 2.15. The minimum absolute atomic E-state index is 0. The summed E-state index contributed by atoms with van der Waals surface area (Å²) >= 11 is 0. The molecule has 0 atom stereocenters. The summed E-state index contributed by atoms with van der Waals surface area (Å²) in [5, 5.41) is 3.10. The molecule has 7 heteroatoms. The number of hydrogen-bond acceptors (Lipinski definition) is 4. The van der Waals surface area contributed by atoms with Crippen LogP contribution in [0.3, 0.4) is 0 Å². The number of rotatable bonds is 4. The van der Waals surface area contributed by atoms with Crippen LogP contribution in [-0.4, -0.2) is 34.9 Å². The minimum atomic E-state index is -0.0734. The van der Waals surface area contributed by atoms with Crippen LogP contribution in [0.2, 0.25) is 0 Å². The Hall–Kier alpha value is -1.82. The molecule has 0 saturated carbocycles. The SMILES string of the molecule is Cl.Cl.Nc1ccccc1C(=O)NC1CCN(Cc2ccncc2)CC1. The molecule has 3 rings (SSSR count). The number of pyridine rings is 1. The largest absolute Gasteiger partial charge is 0.398 e. The van der Waals surface area contributed by atoms with Crippen molar-refractivity contribution in [3.05, 3.63) is 59.9 Å². The molecule has 0 unspecified atom stereocenters. The number of amides is 1. The first kappa shape index (κ1) is 21.2. The number of carbonyl (C=O) groups excluding carboxylic acids is 1. The molecule has 0 radical (unpaired) electrons. The number of halogens is 2. The fraction of sp³-hybridized carbons (Fsp3) is 0.333. The molecule has 0 aliphatic carbocycles. The first-order chi connectivity index (χ1) is 11.2. The predicted molar refractivity (Wildman–Crippen MR) is 105 cm³/mol. The van der Waals surface area contributed by atoms with Crippen LogP contribution in [-0.2, 0) is 6.54 Å². The van der Waals surface area contributed by atoms with Gasteiger partial charge < -0.3 is 11.1 Å². The number of hydrogen-bond donors (Lipinski definition) is 2. The molecule has 1 saturated heterocycles. The molecule has 5 nitrogen and oxygen atoms in total. The van der Waals surface area contributed by atoms with Crippen molar-refractivity contribution in [2.75, 3.05) is 18.8 Å². The highest BCUT2D eigenvalue weighted by molar-refractivity contribution is 5.99. The average molecular weight is 383 g/mol. The normalized spacial score (nSPS) is 14.9. The van der Waals surface area contributed by atoms with Crippen LogP contribution in [0, 0.1) is 0 Å². The minimum Gasteiger partial charge on any atom is -0.398 e. The summed E-state index contributed by atoms with van der Waals surface area (Å²) in [7, 11) is 0. The number of nitrogen functional groups attached to an aromatic ring is 1. The number of nitrogens with two attached hydrogens (primary N) is 1. The predicted octanol–water partition coefficient (Wildman–Crippen LogP) is 2.90. The first-order valence-corrected chi connectivity index (χ1v) is 7.99. The Kier molecular flexibility index (Phi) is 8.69. The molecule has 2 aromatic rings. The lowest BCUT2D eigenvalue weighted by Crippen LogP contribution is -2.44. The van der Waals surface area contributed by atoms with E-state index in [0.29, 0.717) is 11.3 Å². The van der Waals surface area contributed by atoms with E-state index in [1.165, 1.54) is 5.56 Å². The van der Waals surface area contributed by atoms with Crippen molar-refractivity contribution < 1.29 is 4.79 Å². The Morgan fingerprint density at radius 3 is 2.40 bits per heavy atom. The number of nitrogens with zero attached hydrogens (tertiary/aromatic N) is 2. The molecule has 1 aliphatic rings. The van der Waals surface area contributed by atoms with Gasteiger partial charge in [-0.3, -0.25) is 14.7 Å². The second-order valence-electron chi connectivity index (χ2n) is 5.97. The number of para-hydroxylation sites is 1. The van der Waals surface area contributed by atoms with Gasteiger partial charge in [0, 0.05) is 43.8 Å². The maximum Gasteiger partial charge on any atom is 0.253 e. The Morgan fingerprint density at radius 1 is 1.12 bits per heavy atom. The number of aromatic nitrogens is 1. The maximum absolute atomic E-state index is 12.3. The monoisotopic (exact) mass is 382 g/mol. The Balaban J connectivity index is 0.00000156. The first-order valence-electron chi connectivity index (χ1n) is 7.99. The van der Waals surface area contributed by atoms with Gasteiger partial charge in [0.2, 0.25) is 0 Å². The van der Waals surface area contributed by atoms with Crippen molar-refractivity contribution in [1.29, 1.82) is 0 Å². The van der Waals surface area contributed by atoms with Crippen LogP contribution in [0.15, 0.2) is 48.8 Å². The number of likely N-dealkylation sites (tertiary alicyclic amines) is 1. The van der Waals surface area contributed by atoms with E-state index in [1.807, 2.05) is 36.7 Å². The molecule has 0 spiro atoms. The van der Waals surface area contributed by atoms with E-state index in [4.69, 9.17) is 5.73 Å². The van der Waals surface area contributed by atoms with Crippen LogP contribution >= 0.6 is 24.8 Å². The Morgan fingerprint density at radius 2 is 1.76 bits per heavy atom. The fourth-order valence-electron chi connectivity index (χ4n) is 2.95. The van der Waals surface area contributed by atoms with E-state index >= 15 is 0 Å². The van der Waals surface area contributed by atoms with Crippen LogP contribution < -0.4 is 11.1 Å². The number of anilines is 1. The molecule has 1 amide bonds. The van der Waals surface area contributed by atoms with Crippen LogP contribution in [0.1, 0.15) is 28.8 Å². The summed E-state index contributed by atoms with van der Waals surface area (Å²) in [5.41, 5.74) is 8.23. The number of benzene rings is 1. The summed E-state index contributed by atoms with van der Waals surface area (Å²) in [6, 6.07) is 11.5. The van der Waals surface area contributed by atoms with Crippen LogP contribution in [0.4, 0.5) is 5.69 Å². The standard InChI is InChI=1S/C18H22N4O.2ClH/c19-17-4-2-1-3-16(17)18(23)21-15-7-11-22(12-8-15)13-14-5-9-20-10-6-14;;/h1-6,9-10,15H,7-8,11-13,19H2,(H,21,23);2*1H. The molecule has 1 fully saturated rings. The molecular formula is C18H24Cl2N4O. The topological polar surface area (TPSA) is 71.2 Å². The van der Waals surface area contributed by atoms with E-state index in [9.17, 15) is 4.79 Å². The molecular weight excluding hydrogens is 359 g/mol. The number of nitrogens with one attached hydrogen (secondary N) is 1. The van der Waals surface area contributed by atoms with Gasteiger partial charge in [0.05, 0.1) is 5.56 Å². The van der Waals surface area contributed by atoms with Gasteiger partial charge in [-0.05, 0) is 42.7 Å². The van der Waals surface area contributed by atoms with Crippen molar-refractivity contribution in [3.8, 4) is 0 Å². The van der Waals surface area contributed by atoms with Crippen molar-refractivity contribution in [1.82, 2.24) is 15.2 Å². The quantitative estimate of drug-likeness (QED) is 0.797. The fourth-order valence-corrected chi connectivity index (χ4v) is 2.95. The lowest BCUT2D eigenvalue weighted by atomic mass is 10.0. The summed E-state index contributed by atoms with van der Waals surface area (Å²) in [6.45, 7) is 2.91. The van der Waals surface area contributed by atoms with Gasteiger partial charge in [-0.15, -0.1) is 24.8 Å². The van der Waals surface area contributed by atoms with Crippen LogP contribution in [0.25, 0.3) is 0 Å². The zero-order valence-corrected chi connectivity index (χ0v) is 15.6. The lowest BCUT2D eigenvalue weighted by molar-refractivity contribution is 0.0910. The third kappa shape index (κ3) is 5.88. The van der Waals surface area contributed by atoms with Crippen molar-refractivity contribution in [2.45, 2.75) is 25.4 Å². The molecule has 1 aromatic carbocycles. The second kappa shape index (κ2) is 10.2. The summed E-state index contributed by atoms with van der Waals surface area (Å²) in [6.07, 6.45) is 5.58. The van der Waals surface area contributed by atoms with Crippen molar-refractivity contribution >= 4 is 36.4 Å². The molecule has 136 valence electrons. The van der Waals surface area contributed by atoms with E-state index in [-0.39, 0.29) is 36.8 Å². The lowest BCUT2D eigenvalue weighted by Gasteiger charge is -2.32. The van der Waals surface area contributed by atoms with Gasteiger partial charge in [-0.2, -0.15) is 0 Å². The second-order valence-corrected chi connectivity index (χ2v) is 5.97.